The Morgan fingerprint density at radius 2 is 2.24 bits per heavy atom. The van der Waals surface area contributed by atoms with E-state index in [1.165, 1.54) is 25.9 Å². The molecule has 25 heavy (non-hydrogen) atoms. The maximum atomic E-state index is 12.9. The maximum Gasteiger partial charge on any atom is 0.415 e. The van der Waals surface area contributed by atoms with Gasteiger partial charge in [0, 0.05) is 25.3 Å². The number of unbranched alkanes of at least 4 members (excludes halogenated alkanes) is 2. The molecule has 0 aliphatic carbocycles. The van der Waals surface area contributed by atoms with Gasteiger partial charge >= 0.3 is 6.09 Å². The Hall–Kier alpha value is -1.33. The lowest BCUT2D eigenvalue weighted by atomic mass is 9.83. The Morgan fingerprint density at radius 3 is 2.88 bits per heavy atom. The first-order valence-electron chi connectivity index (χ1n) is 9.65. The van der Waals surface area contributed by atoms with Gasteiger partial charge in [-0.1, -0.05) is 26.3 Å². The summed E-state index contributed by atoms with van der Waals surface area (Å²) in [6.45, 7) is 11.2. The minimum atomic E-state index is -0.158. The summed E-state index contributed by atoms with van der Waals surface area (Å²) in [4.78, 5) is 14.8. The van der Waals surface area contributed by atoms with E-state index in [0.717, 1.165) is 48.4 Å². The molecule has 0 saturated carbocycles. The summed E-state index contributed by atoms with van der Waals surface area (Å²) in [5, 5.41) is 3.02. The average molecular weight is 364 g/mol. The average Bonchev–Trinajstić information content (AvgIpc) is 3.14. The molecule has 3 aliphatic heterocycles. The second-order valence-electron chi connectivity index (χ2n) is 7.51. The quantitative estimate of drug-likeness (QED) is 0.381. The molecule has 3 aliphatic rings. The molecule has 3 fully saturated rings. The molecule has 0 aromatic carbocycles. The van der Waals surface area contributed by atoms with Crippen LogP contribution in [0.5, 0.6) is 0 Å². The van der Waals surface area contributed by atoms with Gasteiger partial charge in [0.05, 0.1) is 19.6 Å². The molecule has 0 spiro atoms. The fourth-order valence-corrected chi connectivity index (χ4v) is 5.06. The zero-order chi connectivity index (χ0) is 17.7. The van der Waals surface area contributed by atoms with Crippen molar-refractivity contribution in [3.63, 3.8) is 0 Å². The first-order chi connectivity index (χ1) is 12.2. The van der Waals surface area contributed by atoms with Gasteiger partial charge in [-0.2, -0.15) is 0 Å². The standard InChI is InChI=1S/C20H31N2O2S/c1-3-5-6-11-21(19-8-7-15-25-19)20(23)24-18-16-22(12-4-2)13-9-17(18)10-14-22/h4,7-8,15,17-18H,2-3,5-6,9-14,16H2,1H3/q+1/t17?,18-,22?/m0/s1. The summed E-state index contributed by atoms with van der Waals surface area (Å²) >= 11 is 1.61. The number of hydrogen-bond acceptors (Lipinski definition) is 3. The minimum Gasteiger partial charge on any atom is -0.440 e. The van der Waals surface area contributed by atoms with Crippen LogP contribution in [0.4, 0.5) is 9.80 Å². The van der Waals surface area contributed by atoms with Crippen molar-refractivity contribution in [3.8, 4) is 0 Å². The summed E-state index contributed by atoms with van der Waals surface area (Å²) in [6, 6.07) is 4.01. The van der Waals surface area contributed by atoms with Crippen molar-refractivity contribution in [1.29, 1.82) is 0 Å². The number of nitrogens with zero attached hydrogens (tertiary/aromatic N) is 2. The Bertz CT molecular complexity index is 564. The molecule has 4 nitrogen and oxygen atoms in total. The highest BCUT2D eigenvalue weighted by atomic mass is 32.1. The van der Waals surface area contributed by atoms with Gasteiger partial charge in [-0.3, -0.25) is 4.90 Å². The van der Waals surface area contributed by atoms with Crippen LogP contribution in [0.1, 0.15) is 39.0 Å². The number of hydrogen-bond donors (Lipinski definition) is 0. The van der Waals surface area contributed by atoms with Gasteiger partial charge in [0.2, 0.25) is 0 Å². The van der Waals surface area contributed by atoms with Crippen LogP contribution in [0, 0.1) is 5.92 Å². The molecule has 138 valence electrons. The Balaban J connectivity index is 1.65. The molecule has 4 rings (SSSR count). The SMILES string of the molecule is C=CC[N+]12CCC(CC1)[C@@H](OC(=O)N(CCCCC)c1cccs1)C2. The van der Waals surface area contributed by atoms with E-state index in [-0.39, 0.29) is 12.2 Å². The van der Waals surface area contributed by atoms with E-state index < -0.39 is 0 Å². The molecule has 1 aromatic rings. The minimum absolute atomic E-state index is 0.0589. The number of fused-ring (bicyclic) bond motifs is 3. The summed E-state index contributed by atoms with van der Waals surface area (Å²) < 4.78 is 7.11. The third-order valence-electron chi connectivity index (χ3n) is 5.79. The number of ether oxygens (including phenoxy) is 1. The van der Waals surface area contributed by atoms with Gasteiger partial charge in [-0.25, -0.2) is 4.79 Å². The van der Waals surface area contributed by atoms with Crippen LogP contribution in [-0.2, 0) is 4.74 Å². The summed E-state index contributed by atoms with van der Waals surface area (Å²) in [5.74, 6) is 0.537. The van der Waals surface area contributed by atoms with Crippen molar-refractivity contribution in [1.82, 2.24) is 0 Å². The number of carbonyl (C=O) groups excluding carboxylic acids is 1. The van der Waals surface area contributed by atoms with E-state index in [1.54, 1.807) is 11.3 Å². The normalized spacial score (nSPS) is 27.9. The smallest absolute Gasteiger partial charge is 0.415 e. The van der Waals surface area contributed by atoms with Gasteiger partial charge in [0.1, 0.15) is 11.5 Å². The lowest BCUT2D eigenvalue weighted by molar-refractivity contribution is -0.941. The first kappa shape index (κ1) is 18.5. The number of quaternary nitrogens is 1. The highest BCUT2D eigenvalue weighted by Gasteiger charge is 2.47. The molecule has 1 atom stereocenters. The molecule has 1 aromatic heterocycles. The van der Waals surface area contributed by atoms with Gasteiger partial charge in [-0.05, 0) is 30.0 Å². The molecular formula is C20H31N2O2S+. The topological polar surface area (TPSA) is 29.5 Å². The number of amides is 1. The van der Waals surface area contributed by atoms with Crippen molar-refractivity contribution < 1.29 is 14.0 Å². The molecule has 0 radical (unpaired) electrons. The number of piperidine rings is 3. The third kappa shape index (κ3) is 4.26. The molecule has 5 heteroatoms. The van der Waals surface area contributed by atoms with E-state index in [1.807, 2.05) is 28.5 Å². The Labute approximate surface area is 155 Å². The zero-order valence-corrected chi connectivity index (χ0v) is 16.2. The Kier molecular flexibility index (Phi) is 6.18. The van der Waals surface area contributed by atoms with Gasteiger partial charge in [0.25, 0.3) is 0 Å². The second-order valence-corrected chi connectivity index (χ2v) is 8.44. The fourth-order valence-electron chi connectivity index (χ4n) is 4.31. The monoisotopic (exact) mass is 363 g/mol. The molecular weight excluding hydrogens is 332 g/mol. The van der Waals surface area contributed by atoms with E-state index in [9.17, 15) is 4.79 Å². The van der Waals surface area contributed by atoms with Crippen LogP contribution in [0.2, 0.25) is 0 Å². The number of anilines is 1. The van der Waals surface area contributed by atoms with Gasteiger partial charge in [-0.15, -0.1) is 11.3 Å². The van der Waals surface area contributed by atoms with E-state index in [4.69, 9.17) is 4.74 Å². The largest absolute Gasteiger partial charge is 0.440 e. The van der Waals surface area contributed by atoms with Crippen LogP contribution in [0.3, 0.4) is 0 Å². The highest BCUT2D eigenvalue weighted by Crippen LogP contribution is 2.36. The number of thiophene rings is 1. The first-order valence-corrected chi connectivity index (χ1v) is 10.5. The van der Waals surface area contributed by atoms with Crippen LogP contribution >= 0.6 is 11.3 Å². The number of carbonyl (C=O) groups is 1. The lowest BCUT2D eigenvalue weighted by Gasteiger charge is -2.51. The molecule has 0 N–H and O–H groups in total. The predicted octanol–water partition coefficient (Wildman–Crippen LogP) is 4.68. The summed E-state index contributed by atoms with van der Waals surface area (Å²) in [5.41, 5.74) is 0. The van der Waals surface area contributed by atoms with E-state index >= 15 is 0 Å². The van der Waals surface area contributed by atoms with Crippen LogP contribution in [0.25, 0.3) is 0 Å². The van der Waals surface area contributed by atoms with E-state index in [2.05, 4.69) is 13.5 Å². The molecule has 2 bridgehead atoms. The van der Waals surface area contributed by atoms with Crippen LogP contribution < -0.4 is 4.90 Å². The van der Waals surface area contributed by atoms with Crippen molar-refractivity contribution in [2.45, 2.75) is 45.1 Å². The van der Waals surface area contributed by atoms with Crippen molar-refractivity contribution in [2.24, 2.45) is 5.92 Å². The second kappa shape index (κ2) is 8.37. The predicted molar refractivity (Wildman–Crippen MR) is 104 cm³/mol. The van der Waals surface area contributed by atoms with Crippen LogP contribution in [0.15, 0.2) is 30.2 Å². The molecule has 0 unspecified atom stereocenters. The van der Waals surface area contributed by atoms with Gasteiger partial charge < -0.3 is 9.22 Å². The van der Waals surface area contributed by atoms with Crippen molar-refractivity contribution >= 4 is 22.4 Å². The van der Waals surface area contributed by atoms with Crippen molar-refractivity contribution in [3.05, 3.63) is 30.2 Å². The third-order valence-corrected chi connectivity index (χ3v) is 6.68. The van der Waals surface area contributed by atoms with E-state index in [0.29, 0.717) is 5.92 Å². The van der Waals surface area contributed by atoms with Crippen molar-refractivity contribution in [2.75, 3.05) is 37.6 Å². The lowest BCUT2D eigenvalue weighted by Crippen LogP contribution is -2.64. The number of rotatable bonds is 8. The summed E-state index contributed by atoms with van der Waals surface area (Å²) in [6.07, 6.45) is 7.57. The maximum absolute atomic E-state index is 12.9. The Morgan fingerprint density at radius 1 is 1.44 bits per heavy atom. The molecule has 3 saturated heterocycles. The van der Waals surface area contributed by atoms with Gasteiger partial charge in [0.15, 0.2) is 6.10 Å². The molecule has 1 amide bonds. The summed E-state index contributed by atoms with van der Waals surface area (Å²) in [7, 11) is 0. The molecule has 4 heterocycles. The fraction of sp³-hybridized carbons (Fsp3) is 0.650. The zero-order valence-electron chi connectivity index (χ0n) is 15.4. The van der Waals surface area contributed by atoms with Crippen LogP contribution in [-0.4, -0.2) is 49.4 Å². The highest BCUT2D eigenvalue weighted by molar-refractivity contribution is 7.14.